The lowest BCUT2D eigenvalue weighted by Crippen LogP contribution is -2.43. The zero-order valence-corrected chi connectivity index (χ0v) is 10.9. The van der Waals surface area contributed by atoms with E-state index in [1.54, 1.807) is 13.0 Å². The van der Waals surface area contributed by atoms with Crippen LogP contribution in [0.3, 0.4) is 0 Å². The Hall–Kier alpha value is -2.04. The van der Waals surface area contributed by atoms with Crippen LogP contribution in [0.15, 0.2) is 18.2 Å². The van der Waals surface area contributed by atoms with E-state index in [-0.39, 0.29) is 12.5 Å². The van der Waals surface area contributed by atoms with Crippen LogP contribution in [0.2, 0.25) is 0 Å². The van der Waals surface area contributed by atoms with E-state index in [0.29, 0.717) is 12.2 Å². The molecule has 5 nitrogen and oxygen atoms in total. The number of hydrogen-bond donors (Lipinski definition) is 2. The number of hydrazine groups is 1. The molecule has 98 valence electrons. The normalized spacial score (nSPS) is 9.72. The molecule has 0 heterocycles. The second-order valence-electron chi connectivity index (χ2n) is 3.98. The van der Waals surface area contributed by atoms with Crippen molar-refractivity contribution in [3.8, 4) is 5.75 Å². The number of benzene rings is 1. The molecule has 0 aliphatic carbocycles. The number of aryl methyl sites for hydroxylation is 2. The summed E-state index contributed by atoms with van der Waals surface area (Å²) in [5.41, 5.74) is 6.81. The second kappa shape index (κ2) is 6.64. The van der Waals surface area contributed by atoms with Gasteiger partial charge in [0.1, 0.15) is 5.75 Å². The van der Waals surface area contributed by atoms with Crippen molar-refractivity contribution in [2.75, 3.05) is 6.61 Å². The van der Waals surface area contributed by atoms with Crippen LogP contribution in [0.1, 0.15) is 24.5 Å². The van der Waals surface area contributed by atoms with E-state index in [1.807, 2.05) is 26.0 Å². The molecule has 0 bridgehead atoms. The quantitative estimate of drug-likeness (QED) is 0.790. The van der Waals surface area contributed by atoms with Crippen molar-refractivity contribution in [3.63, 3.8) is 0 Å². The van der Waals surface area contributed by atoms with Gasteiger partial charge in [-0.15, -0.1) is 0 Å². The van der Waals surface area contributed by atoms with E-state index >= 15 is 0 Å². The number of amides is 2. The minimum atomic E-state index is -0.393. The van der Waals surface area contributed by atoms with Crippen LogP contribution in [0, 0.1) is 13.8 Å². The summed E-state index contributed by atoms with van der Waals surface area (Å²) in [6.07, 6.45) is 0.318. The molecule has 0 aromatic heterocycles. The summed E-state index contributed by atoms with van der Waals surface area (Å²) in [7, 11) is 0. The van der Waals surface area contributed by atoms with Crippen molar-refractivity contribution >= 4 is 11.8 Å². The Morgan fingerprint density at radius 2 is 1.78 bits per heavy atom. The van der Waals surface area contributed by atoms with Gasteiger partial charge in [-0.3, -0.25) is 20.4 Å². The zero-order chi connectivity index (χ0) is 13.5. The van der Waals surface area contributed by atoms with E-state index in [0.717, 1.165) is 5.56 Å². The number of carbonyl (C=O) groups excluding carboxylic acids is 2. The minimum absolute atomic E-state index is 0.132. The van der Waals surface area contributed by atoms with Crippen LogP contribution >= 0.6 is 0 Å². The highest BCUT2D eigenvalue weighted by Crippen LogP contribution is 2.15. The summed E-state index contributed by atoms with van der Waals surface area (Å²) in [6.45, 7) is 5.55. The number of hydrogen-bond acceptors (Lipinski definition) is 3. The van der Waals surface area contributed by atoms with Gasteiger partial charge in [0.15, 0.2) is 6.61 Å². The summed E-state index contributed by atoms with van der Waals surface area (Å²) < 4.78 is 5.31. The number of rotatable bonds is 4. The van der Waals surface area contributed by atoms with Crippen LogP contribution < -0.4 is 15.6 Å². The third-order valence-electron chi connectivity index (χ3n) is 2.51. The van der Waals surface area contributed by atoms with Crippen LogP contribution in [0.5, 0.6) is 5.75 Å². The SMILES string of the molecule is CCC(=O)NNC(=O)COc1ccc(C)c(C)c1. The molecule has 0 spiro atoms. The molecule has 2 N–H and O–H groups in total. The molecule has 1 aromatic rings. The fraction of sp³-hybridized carbons (Fsp3) is 0.385. The predicted molar refractivity (Wildman–Crippen MR) is 68.0 cm³/mol. The summed E-state index contributed by atoms with van der Waals surface area (Å²) in [5, 5.41) is 0. The first-order valence-electron chi connectivity index (χ1n) is 5.80. The number of nitrogens with one attached hydrogen (secondary N) is 2. The Balaban J connectivity index is 2.38. The van der Waals surface area contributed by atoms with Crippen molar-refractivity contribution in [2.45, 2.75) is 27.2 Å². The topological polar surface area (TPSA) is 67.4 Å². The Morgan fingerprint density at radius 1 is 1.11 bits per heavy atom. The van der Waals surface area contributed by atoms with Gasteiger partial charge in [-0.2, -0.15) is 0 Å². The lowest BCUT2D eigenvalue weighted by molar-refractivity contribution is -0.129. The molecule has 18 heavy (non-hydrogen) atoms. The van der Waals surface area contributed by atoms with Gasteiger partial charge >= 0.3 is 0 Å². The van der Waals surface area contributed by atoms with Crippen molar-refractivity contribution in [2.24, 2.45) is 0 Å². The van der Waals surface area contributed by atoms with Gasteiger partial charge in [-0.25, -0.2) is 0 Å². The second-order valence-corrected chi connectivity index (χ2v) is 3.98. The Bertz CT molecular complexity index is 444. The summed E-state index contributed by atoms with van der Waals surface area (Å²) in [4.78, 5) is 22.2. The Morgan fingerprint density at radius 3 is 2.39 bits per heavy atom. The van der Waals surface area contributed by atoms with Gasteiger partial charge in [-0.1, -0.05) is 13.0 Å². The first-order valence-corrected chi connectivity index (χ1v) is 5.80. The fourth-order valence-corrected chi connectivity index (χ4v) is 1.22. The maximum absolute atomic E-state index is 11.3. The Labute approximate surface area is 106 Å². The highest BCUT2D eigenvalue weighted by Gasteiger charge is 2.04. The Kier molecular flexibility index (Phi) is 5.17. The lowest BCUT2D eigenvalue weighted by atomic mass is 10.1. The third kappa shape index (κ3) is 4.45. The standard InChI is InChI=1S/C13H18N2O3/c1-4-12(16)14-15-13(17)8-18-11-6-5-9(2)10(3)7-11/h5-7H,4,8H2,1-3H3,(H,14,16)(H,15,17). The van der Waals surface area contributed by atoms with E-state index < -0.39 is 5.91 Å². The van der Waals surface area contributed by atoms with Crippen molar-refractivity contribution in [3.05, 3.63) is 29.3 Å². The molecular formula is C13H18N2O3. The first kappa shape index (κ1) is 14.0. The van der Waals surface area contributed by atoms with Gasteiger partial charge < -0.3 is 4.74 Å². The summed E-state index contributed by atoms with van der Waals surface area (Å²) >= 11 is 0. The minimum Gasteiger partial charge on any atom is -0.484 e. The molecule has 0 aliphatic heterocycles. The van der Waals surface area contributed by atoms with Gasteiger partial charge in [0, 0.05) is 6.42 Å². The van der Waals surface area contributed by atoms with Crippen LogP contribution in [0.25, 0.3) is 0 Å². The monoisotopic (exact) mass is 250 g/mol. The van der Waals surface area contributed by atoms with E-state index in [4.69, 9.17) is 4.74 Å². The molecule has 0 unspecified atom stereocenters. The number of carbonyl (C=O) groups is 2. The number of ether oxygens (including phenoxy) is 1. The molecule has 0 saturated heterocycles. The van der Waals surface area contributed by atoms with Crippen molar-refractivity contribution in [1.82, 2.24) is 10.9 Å². The van der Waals surface area contributed by atoms with E-state index in [1.165, 1.54) is 5.56 Å². The van der Waals surface area contributed by atoms with E-state index in [9.17, 15) is 9.59 Å². The third-order valence-corrected chi connectivity index (χ3v) is 2.51. The molecular weight excluding hydrogens is 232 g/mol. The zero-order valence-electron chi connectivity index (χ0n) is 10.9. The highest BCUT2D eigenvalue weighted by atomic mass is 16.5. The van der Waals surface area contributed by atoms with Crippen molar-refractivity contribution < 1.29 is 14.3 Å². The van der Waals surface area contributed by atoms with Crippen LogP contribution in [0.4, 0.5) is 0 Å². The van der Waals surface area contributed by atoms with Gasteiger partial charge in [0.25, 0.3) is 5.91 Å². The molecule has 0 saturated carbocycles. The molecule has 5 heteroatoms. The molecule has 1 aromatic carbocycles. The maximum Gasteiger partial charge on any atom is 0.276 e. The molecule has 2 amide bonds. The maximum atomic E-state index is 11.3. The van der Waals surface area contributed by atoms with Crippen LogP contribution in [-0.4, -0.2) is 18.4 Å². The predicted octanol–water partition coefficient (Wildman–Crippen LogP) is 1.24. The fourth-order valence-electron chi connectivity index (χ4n) is 1.22. The highest BCUT2D eigenvalue weighted by molar-refractivity contribution is 5.82. The molecule has 0 radical (unpaired) electrons. The average Bonchev–Trinajstić information content (AvgIpc) is 2.37. The van der Waals surface area contributed by atoms with Gasteiger partial charge in [0.2, 0.25) is 5.91 Å². The average molecular weight is 250 g/mol. The van der Waals surface area contributed by atoms with E-state index in [2.05, 4.69) is 10.9 Å². The van der Waals surface area contributed by atoms with Crippen LogP contribution in [-0.2, 0) is 9.59 Å². The summed E-state index contributed by atoms with van der Waals surface area (Å²) in [6, 6.07) is 5.61. The summed E-state index contributed by atoms with van der Waals surface area (Å²) in [5.74, 6) is -0.000346. The van der Waals surface area contributed by atoms with Gasteiger partial charge in [0.05, 0.1) is 0 Å². The smallest absolute Gasteiger partial charge is 0.276 e. The van der Waals surface area contributed by atoms with Gasteiger partial charge in [-0.05, 0) is 37.1 Å². The first-order chi connectivity index (χ1) is 8.52. The molecule has 0 aliphatic rings. The molecule has 0 atom stereocenters. The molecule has 0 fully saturated rings. The lowest BCUT2D eigenvalue weighted by Gasteiger charge is -2.09. The van der Waals surface area contributed by atoms with Crippen molar-refractivity contribution in [1.29, 1.82) is 0 Å². The molecule has 1 rings (SSSR count). The largest absolute Gasteiger partial charge is 0.484 e.